The van der Waals surface area contributed by atoms with Crippen molar-refractivity contribution in [1.82, 2.24) is 9.80 Å². The quantitative estimate of drug-likeness (QED) is 0.595. The topological polar surface area (TPSA) is 64.7 Å². The lowest BCUT2D eigenvalue weighted by molar-refractivity contribution is -0.122. The van der Waals surface area contributed by atoms with Crippen molar-refractivity contribution in [2.24, 2.45) is 0 Å². The van der Waals surface area contributed by atoms with Gasteiger partial charge in [-0.2, -0.15) is 0 Å². The molecular formula is C27H30N4O2. The molecule has 2 N–H and O–H groups in total. The summed E-state index contributed by atoms with van der Waals surface area (Å²) in [7, 11) is 0. The second kappa shape index (κ2) is 10.3. The Bertz CT molecular complexity index is 1090. The molecule has 1 aliphatic rings. The first-order valence-corrected chi connectivity index (χ1v) is 11.3. The minimum Gasteiger partial charge on any atom is -0.324 e. The highest BCUT2D eigenvalue weighted by Crippen LogP contribution is 2.26. The van der Waals surface area contributed by atoms with Gasteiger partial charge in [0.2, 0.25) is 5.91 Å². The molecule has 1 saturated heterocycles. The zero-order chi connectivity index (χ0) is 23.2. The van der Waals surface area contributed by atoms with Crippen LogP contribution in [-0.2, 0) is 4.79 Å². The van der Waals surface area contributed by atoms with E-state index in [1.165, 1.54) is 0 Å². The molecular weight excluding hydrogens is 412 g/mol. The average Bonchev–Trinajstić information content (AvgIpc) is 2.83. The number of piperazine rings is 1. The number of anilines is 2. The maximum atomic E-state index is 13.5. The number of para-hydroxylation sites is 1. The lowest BCUT2D eigenvalue weighted by Crippen LogP contribution is -2.52. The largest absolute Gasteiger partial charge is 0.324 e. The molecule has 0 aromatic heterocycles. The number of amides is 3. The SMILES string of the molecule is Cc1ccc(C)c(NC(=O)[C@@H](c2ccccc2)N2CCN(C(=O)Nc3ccccc3)CC2)c1. The Morgan fingerprint density at radius 2 is 1.42 bits per heavy atom. The Labute approximate surface area is 195 Å². The molecule has 0 unspecified atom stereocenters. The molecule has 4 rings (SSSR count). The van der Waals surface area contributed by atoms with Crippen LogP contribution in [0.1, 0.15) is 22.7 Å². The summed E-state index contributed by atoms with van der Waals surface area (Å²) in [6.45, 7) is 6.35. The average molecular weight is 443 g/mol. The zero-order valence-electron chi connectivity index (χ0n) is 19.1. The molecule has 33 heavy (non-hydrogen) atoms. The molecule has 3 aromatic rings. The number of rotatable bonds is 5. The number of hydrogen-bond acceptors (Lipinski definition) is 3. The third-order valence-corrected chi connectivity index (χ3v) is 6.01. The number of nitrogens with one attached hydrogen (secondary N) is 2. The Morgan fingerprint density at radius 3 is 2.09 bits per heavy atom. The lowest BCUT2D eigenvalue weighted by Gasteiger charge is -2.38. The monoisotopic (exact) mass is 442 g/mol. The van der Waals surface area contributed by atoms with Gasteiger partial charge in [-0.25, -0.2) is 4.79 Å². The van der Waals surface area contributed by atoms with Crippen LogP contribution in [0.4, 0.5) is 16.2 Å². The molecule has 6 nitrogen and oxygen atoms in total. The van der Waals surface area contributed by atoms with Gasteiger partial charge < -0.3 is 15.5 Å². The molecule has 0 spiro atoms. The summed E-state index contributed by atoms with van der Waals surface area (Å²) in [5.41, 5.74) is 4.69. The van der Waals surface area contributed by atoms with Crippen LogP contribution in [0.15, 0.2) is 78.9 Å². The van der Waals surface area contributed by atoms with E-state index in [4.69, 9.17) is 0 Å². The minimum absolute atomic E-state index is 0.0583. The van der Waals surface area contributed by atoms with Gasteiger partial charge in [-0.1, -0.05) is 60.7 Å². The van der Waals surface area contributed by atoms with Crippen LogP contribution in [0, 0.1) is 13.8 Å². The number of urea groups is 1. The summed E-state index contributed by atoms with van der Waals surface area (Å²) < 4.78 is 0. The van der Waals surface area contributed by atoms with E-state index in [0.717, 1.165) is 28.1 Å². The molecule has 3 aromatic carbocycles. The van der Waals surface area contributed by atoms with Crippen molar-refractivity contribution in [2.75, 3.05) is 36.8 Å². The van der Waals surface area contributed by atoms with Gasteiger partial charge in [0, 0.05) is 37.6 Å². The van der Waals surface area contributed by atoms with Gasteiger partial charge in [0.05, 0.1) is 0 Å². The predicted octanol–water partition coefficient (Wildman–Crippen LogP) is 4.83. The molecule has 0 bridgehead atoms. The van der Waals surface area contributed by atoms with Gasteiger partial charge in [0.1, 0.15) is 6.04 Å². The molecule has 1 atom stereocenters. The van der Waals surface area contributed by atoms with E-state index in [9.17, 15) is 9.59 Å². The molecule has 6 heteroatoms. The van der Waals surface area contributed by atoms with Crippen molar-refractivity contribution in [1.29, 1.82) is 0 Å². The van der Waals surface area contributed by atoms with E-state index < -0.39 is 6.04 Å². The van der Waals surface area contributed by atoms with Gasteiger partial charge in [0.25, 0.3) is 0 Å². The van der Waals surface area contributed by atoms with Crippen molar-refractivity contribution >= 4 is 23.3 Å². The number of benzene rings is 3. The van der Waals surface area contributed by atoms with Crippen molar-refractivity contribution in [2.45, 2.75) is 19.9 Å². The summed E-state index contributed by atoms with van der Waals surface area (Å²) in [5, 5.41) is 6.08. The van der Waals surface area contributed by atoms with Crippen LogP contribution in [0.3, 0.4) is 0 Å². The maximum Gasteiger partial charge on any atom is 0.321 e. The molecule has 3 amide bonds. The summed E-state index contributed by atoms with van der Waals surface area (Å²) in [4.78, 5) is 30.1. The van der Waals surface area contributed by atoms with E-state index in [0.29, 0.717) is 26.2 Å². The number of nitrogens with zero attached hydrogens (tertiary/aromatic N) is 2. The van der Waals surface area contributed by atoms with Gasteiger partial charge in [-0.3, -0.25) is 9.69 Å². The number of aryl methyl sites for hydroxylation is 2. The van der Waals surface area contributed by atoms with Gasteiger partial charge in [-0.05, 0) is 48.7 Å². The third kappa shape index (κ3) is 5.59. The lowest BCUT2D eigenvalue weighted by atomic mass is 10.0. The highest BCUT2D eigenvalue weighted by Gasteiger charge is 2.32. The number of carbonyl (C=O) groups is 2. The Balaban J connectivity index is 1.46. The summed E-state index contributed by atoms with van der Waals surface area (Å²) in [6.07, 6.45) is 0. The van der Waals surface area contributed by atoms with Gasteiger partial charge >= 0.3 is 6.03 Å². The van der Waals surface area contributed by atoms with Crippen LogP contribution < -0.4 is 10.6 Å². The standard InChI is InChI=1S/C27H30N4O2/c1-20-13-14-21(2)24(19-20)29-26(32)25(22-9-5-3-6-10-22)30-15-17-31(18-16-30)27(33)28-23-11-7-4-8-12-23/h3-14,19,25H,15-18H2,1-2H3,(H,28,33)(H,29,32)/t25-/m1/s1. The molecule has 1 aliphatic heterocycles. The molecule has 1 heterocycles. The molecule has 0 radical (unpaired) electrons. The summed E-state index contributed by atoms with van der Waals surface area (Å²) in [5.74, 6) is -0.0583. The second-order valence-electron chi connectivity index (χ2n) is 8.44. The Hall–Kier alpha value is -3.64. The fourth-order valence-electron chi connectivity index (χ4n) is 4.14. The smallest absolute Gasteiger partial charge is 0.321 e. The van der Waals surface area contributed by atoms with E-state index in [1.54, 1.807) is 4.90 Å². The minimum atomic E-state index is -0.426. The van der Waals surface area contributed by atoms with Crippen molar-refractivity contribution < 1.29 is 9.59 Å². The fraction of sp³-hybridized carbons (Fsp3) is 0.259. The molecule has 1 fully saturated rings. The Kier molecular flexibility index (Phi) is 7.05. The second-order valence-corrected chi connectivity index (χ2v) is 8.44. The summed E-state index contributed by atoms with van der Waals surface area (Å²) in [6, 6.07) is 24.8. The normalized spacial score (nSPS) is 15.0. The third-order valence-electron chi connectivity index (χ3n) is 6.01. The van der Waals surface area contributed by atoms with E-state index >= 15 is 0 Å². The van der Waals surface area contributed by atoms with Crippen molar-refractivity contribution in [3.63, 3.8) is 0 Å². The van der Waals surface area contributed by atoms with E-state index in [2.05, 4.69) is 15.5 Å². The first-order valence-electron chi connectivity index (χ1n) is 11.3. The molecule has 0 saturated carbocycles. The summed E-state index contributed by atoms with van der Waals surface area (Å²) >= 11 is 0. The van der Waals surface area contributed by atoms with E-state index in [1.807, 2.05) is 92.7 Å². The zero-order valence-corrected chi connectivity index (χ0v) is 19.1. The van der Waals surface area contributed by atoms with Crippen LogP contribution in [0.5, 0.6) is 0 Å². The number of hydrogen-bond donors (Lipinski definition) is 2. The first-order chi connectivity index (χ1) is 16.0. The first kappa shape index (κ1) is 22.6. The Morgan fingerprint density at radius 1 is 0.788 bits per heavy atom. The highest BCUT2D eigenvalue weighted by atomic mass is 16.2. The van der Waals surface area contributed by atoms with Crippen molar-refractivity contribution in [3.8, 4) is 0 Å². The van der Waals surface area contributed by atoms with Crippen LogP contribution in [0.2, 0.25) is 0 Å². The molecule has 170 valence electrons. The van der Waals surface area contributed by atoms with Crippen LogP contribution >= 0.6 is 0 Å². The predicted molar refractivity (Wildman–Crippen MR) is 132 cm³/mol. The maximum absolute atomic E-state index is 13.5. The molecule has 0 aliphatic carbocycles. The highest BCUT2D eigenvalue weighted by molar-refractivity contribution is 5.96. The van der Waals surface area contributed by atoms with Gasteiger partial charge in [-0.15, -0.1) is 0 Å². The fourth-order valence-corrected chi connectivity index (χ4v) is 4.14. The van der Waals surface area contributed by atoms with Gasteiger partial charge in [0.15, 0.2) is 0 Å². The van der Waals surface area contributed by atoms with Crippen molar-refractivity contribution in [3.05, 3.63) is 95.6 Å². The number of carbonyl (C=O) groups excluding carboxylic acids is 2. The van der Waals surface area contributed by atoms with E-state index in [-0.39, 0.29) is 11.9 Å². The van der Waals surface area contributed by atoms with Crippen LogP contribution in [0.25, 0.3) is 0 Å². The van der Waals surface area contributed by atoms with Crippen LogP contribution in [-0.4, -0.2) is 47.9 Å².